The molecular formula is C13H15NO2. The molecule has 0 amide bonds. The van der Waals surface area contributed by atoms with E-state index in [0.717, 1.165) is 5.56 Å². The molecule has 0 fully saturated rings. The summed E-state index contributed by atoms with van der Waals surface area (Å²) in [6.45, 7) is 3.39. The van der Waals surface area contributed by atoms with Crippen molar-refractivity contribution in [2.75, 3.05) is 0 Å². The van der Waals surface area contributed by atoms with Gasteiger partial charge < -0.3 is 5.11 Å². The third-order valence-electron chi connectivity index (χ3n) is 2.11. The average molecular weight is 217 g/mol. The molecule has 3 nitrogen and oxygen atoms in total. The van der Waals surface area contributed by atoms with Crippen LogP contribution in [0.2, 0.25) is 0 Å². The summed E-state index contributed by atoms with van der Waals surface area (Å²) in [4.78, 5) is 15.2. The lowest BCUT2D eigenvalue weighted by molar-refractivity contribution is -0.113. The Morgan fingerprint density at radius 2 is 1.94 bits per heavy atom. The first-order valence-corrected chi connectivity index (χ1v) is 5.06. The number of aliphatic hydroxyl groups excluding tert-OH is 1. The predicted octanol–water partition coefficient (Wildman–Crippen LogP) is 2.68. The number of hydrogen-bond donors (Lipinski definition) is 1. The highest BCUT2D eigenvalue weighted by Crippen LogP contribution is 2.03. The van der Waals surface area contributed by atoms with Crippen molar-refractivity contribution in [2.24, 2.45) is 4.99 Å². The van der Waals surface area contributed by atoms with Crippen molar-refractivity contribution >= 4 is 12.0 Å². The van der Waals surface area contributed by atoms with Crippen LogP contribution < -0.4 is 0 Å². The lowest BCUT2D eigenvalue weighted by atomic mass is 10.2. The maximum atomic E-state index is 11.1. The largest absolute Gasteiger partial charge is 0.512 e. The van der Waals surface area contributed by atoms with E-state index in [1.165, 1.54) is 20.1 Å². The molecule has 1 rings (SSSR count). The van der Waals surface area contributed by atoms with Gasteiger partial charge in [0, 0.05) is 6.21 Å². The van der Waals surface area contributed by atoms with Crippen molar-refractivity contribution < 1.29 is 9.90 Å². The highest BCUT2D eigenvalue weighted by molar-refractivity contribution is 6.12. The number of aliphatic hydroxyl groups is 1. The molecule has 0 bridgehead atoms. The van der Waals surface area contributed by atoms with Gasteiger partial charge in [0.15, 0.2) is 5.78 Å². The number of carbonyl (C=O) groups is 1. The smallest absolute Gasteiger partial charge is 0.164 e. The Morgan fingerprint density at radius 1 is 1.31 bits per heavy atom. The summed E-state index contributed by atoms with van der Waals surface area (Å²) >= 11 is 0. The SMILES string of the molecule is CC(=O)/C(C=NCc1ccccc1)=C(/C)O. The molecular weight excluding hydrogens is 202 g/mol. The molecule has 0 heterocycles. The molecule has 16 heavy (non-hydrogen) atoms. The topological polar surface area (TPSA) is 49.7 Å². The van der Waals surface area contributed by atoms with Gasteiger partial charge in [-0.25, -0.2) is 0 Å². The van der Waals surface area contributed by atoms with Crippen LogP contribution in [0.3, 0.4) is 0 Å². The molecule has 0 radical (unpaired) electrons. The van der Waals surface area contributed by atoms with Crippen molar-refractivity contribution in [3.05, 3.63) is 47.2 Å². The van der Waals surface area contributed by atoms with Crippen LogP contribution in [0, 0.1) is 0 Å². The quantitative estimate of drug-likeness (QED) is 0.479. The van der Waals surface area contributed by atoms with E-state index < -0.39 is 0 Å². The summed E-state index contributed by atoms with van der Waals surface area (Å²) in [6.07, 6.45) is 1.42. The van der Waals surface area contributed by atoms with Crippen LogP contribution in [0.4, 0.5) is 0 Å². The number of hydrogen-bond acceptors (Lipinski definition) is 3. The van der Waals surface area contributed by atoms with Gasteiger partial charge in [0.1, 0.15) is 5.76 Å². The van der Waals surface area contributed by atoms with Gasteiger partial charge in [-0.1, -0.05) is 30.3 Å². The minimum absolute atomic E-state index is 0.00399. The fraction of sp³-hybridized carbons (Fsp3) is 0.231. The summed E-state index contributed by atoms with van der Waals surface area (Å²) in [6, 6.07) is 9.72. The number of allylic oxidation sites excluding steroid dienone is 2. The molecule has 0 spiro atoms. The van der Waals surface area contributed by atoms with Crippen LogP contribution in [-0.4, -0.2) is 17.1 Å². The molecule has 0 aromatic heterocycles. The highest BCUT2D eigenvalue weighted by Gasteiger charge is 2.03. The minimum Gasteiger partial charge on any atom is -0.512 e. The molecule has 0 aliphatic heterocycles. The zero-order chi connectivity index (χ0) is 12.0. The summed E-state index contributed by atoms with van der Waals surface area (Å²) < 4.78 is 0. The maximum absolute atomic E-state index is 11.1. The maximum Gasteiger partial charge on any atom is 0.164 e. The second-order valence-electron chi connectivity index (χ2n) is 3.51. The Bertz CT molecular complexity index is 415. The number of carbonyl (C=O) groups excluding carboxylic acids is 1. The lowest BCUT2D eigenvalue weighted by Crippen LogP contribution is -2.01. The van der Waals surface area contributed by atoms with Crippen molar-refractivity contribution in [3.63, 3.8) is 0 Å². The van der Waals surface area contributed by atoms with Gasteiger partial charge in [0.05, 0.1) is 12.1 Å². The molecule has 0 saturated carbocycles. The molecule has 0 aliphatic carbocycles. The van der Waals surface area contributed by atoms with E-state index in [0.29, 0.717) is 6.54 Å². The Labute approximate surface area is 95.1 Å². The number of nitrogens with zero attached hydrogens (tertiary/aromatic N) is 1. The summed E-state index contributed by atoms with van der Waals surface area (Å²) in [5.41, 5.74) is 1.33. The Morgan fingerprint density at radius 3 is 2.44 bits per heavy atom. The zero-order valence-electron chi connectivity index (χ0n) is 9.47. The highest BCUT2D eigenvalue weighted by atomic mass is 16.3. The average Bonchev–Trinajstić information content (AvgIpc) is 2.24. The molecule has 0 saturated heterocycles. The van der Waals surface area contributed by atoms with E-state index in [1.54, 1.807) is 0 Å². The van der Waals surface area contributed by atoms with Crippen LogP contribution in [0.25, 0.3) is 0 Å². The van der Waals surface area contributed by atoms with Gasteiger partial charge in [-0.2, -0.15) is 0 Å². The van der Waals surface area contributed by atoms with E-state index >= 15 is 0 Å². The zero-order valence-corrected chi connectivity index (χ0v) is 9.47. The molecule has 1 N–H and O–H groups in total. The minimum atomic E-state index is -0.184. The van der Waals surface area contributed by atoms with E-state index in [4.69, 9.17) is 0 Å². The number of ketones is 1. The third-order valence-corrected chi connectivity index (χ3v) is 2.11. The fourth-order valence-corrected chi connectivity index (χ4v) is 1.26. The molecule has 3 heteroatoms. The van der Waals surface area contributed by atoms with Gasteiger partial charge in [-0.15, -0.1) is 0 Å². The molecule has 84 valence electrons. The number of aliphatic imine (C=N–C) groups is 1. The lowest BCUT2D eigenvalue weighted by Gasteiger charge is -1.98. The molecule has 0 atom stereocenters. The van der Waals surface area contributed by atoms with E-state index in [-0.39, 0.29) is 17.1 Å². The van der Waals surface area contributed by atoms with Crippen LogP contribution >= 0.6 is 0 Å². The summed E-state index contributed by atoms with van der Waals surface area (Å²) in [5, 5.41) is 9.25. The van der Waals surface area contributed by atoms with Crippen LogP contribution in [0.1, 0.15) is 19.4 Å². The normalized spacial score (nSPS) is 12.6. The first-order valence-electron chi connectivity index (χ1n) is 5.06. The van der Waals surface area contributed by atoms with Crippen LogP contribution in [0.15, 0.2) is 46.7 Å². The van der Waals surface area contributed by atoms with E-state index in [9.17, 15) is 9.90 Å². The molecule has 0 unspecified atom stereocenters. The Balaban J connectivity index is 2.68. The number of rotatable bonds is 4. The summed E-state index contributed by atoms with van der Waals surface area (Å²) in [7, 11) is 0. The second-order valence-corrected chi connectivity index (χ2v) is 3.51. The standard InChI is InChI=1S/C13H15NO2/c1-10(15)13(11(2)16)9-14-8-12-6-4-3-5-7-12/h3-7,9,15H,8H2,1-2H3/b13-10-,14-9?. The molecule has 0 aliphatic rings. The van der Waals surface area contributed by atoms with Crippen LogP contribution in [-0.2, 0) is 11.3 Å². The van der Waals surface area contributed by atoms with Crippen molar-refractivity contribution in [1.29, 1.82) is 0 Å². The van der Waals surface area contributed by atoms with Crippen molar-refractivity contribution in [1.82, 2.24) is 0 Å². The van der Waals surface area contributed by atoms with Crippen molar-refractivity contribution in [3.8, 4) is 0 Å². The van der Waals surface area contributed by atoms with Gasteiger partial charge in [-0.05, 0) is 19.4 Å². The molecule has 1 aromatic rings. The first-order chi connectivity index (χ1) is 7.61. The third kappa shape index (κ3) is 3.69. The second kappa shape index (κ2) is 5.85. The number of benzene rings is 1. The van der Waals surface area contributed by atoms with Crippen LogP contribution in [0.5, 0.6) is 0 Å². The monoisotopic (exact) mass is 217 g/mol. The van der Waals surface area contributed by atoms with E-state index in [1.807, 2.05) is 30.3 Å². The fourth-order valence-electron chi connectivity index (χ4n) is 1.26. The first kappa shape index (κ1) is 12.2. The summed E-state index contributed by atoms with van der Waals surface area (Å²) in [5.74, 6) is -0.180. The van der Waals surface area contributed by atoms with Gasteiger partial charge >= 0.3 is 0 Å². The van der Waals surface area contributed by atoms with E-state index in [2.05, 4.69) is 4.99 Å². The van der Waals surface area contributed by atoms with Gasteiger partial charge in [0.2, 0.25) is 0 Å². The predicted molar refractivity (Wildman–Crippen MR) is 64.6 cm³/mol. The number of Topliss-reactive ketones (excluding diaryl/α,β-unsaturated/α-hetero) is 1. The van der Waals surface area contributed by atoms with Gasteiger partial charge in [0.25, 0.3) is 0 Å². The Hall–Kier alpha value is -1.90. The van der Waals surface area contributed by atoms with Crippen molar-refractivity contribution in [2.45, 2.75) is 20.4 Å². The van der Waals surface area contributed by atoms with Gasteiger partial charge in [-0.3, -0.25) is 9.79 Å². The molecule has 1 aromatic carbocycles. The Kier molecular flexibility index (Phi) is 4.45.